The molecule has 0 spiro atoms. The van der Waals surface area contributed by atoms with Gasteiger partial charge in [0.15, 0.2) is 8.32 Å². The lowest BCUT2D eigenvalue weighted by Crippen LogP contribution is -2.44. The Morgan fingerprint density at radius 3 is 2.16 bits per heavy atom. The molecule has 8 heteroatoms. The van der Waals surface area contributed by atoms with Gasteiger partial charge in [-0.1, -0.05) is 27.7 Å². The summed E-state index contributed by atoms with van der Waals surface area (Å²) in [4.78, 5) is 0. The zero-order chi connectivity index (χ0) is 20.4. The first kappa shape index (κ1) is 18.5. The van der Waals surface area contributed by atoms with Crippen molar-refractivity contribution in [2.75, 3.05) is 19.8 Å². The van der Waals surface area contributed by atoms with Gasteiger partial charge < -0.3 is 13.9 Å². The summed E-state index contributed by atoms with van der Waals surface area (Å²) in [5.41, 5.74) is 0. The molecule has 0 bridgehead atoms. The van der Waals surface area contributed by atoms with Crippen LogP contribution in [0, 0.1) is 0 Å². The quantitative estimate of drug-likeness (QED) is 0.446. The fourth-order valence-corrected chi connectivity index (χ4v) is 4.46. The van der Waals surface area contributed by atoms with E-state index < -0.39 is 48.1 Å². The Morgan fingerprint density at radius 1 is 1.12 bits per heavy atom. The lowest BCUT2D eigenvalue weighted by Gasteiger charge is -2.37. The van der Waals surface area contributed by atoms with E-state index >= 15 is 0 Å². The Bertz CT molecular complexity index is 518. The first-order valence-electron chi connectivity index (χ1n) is 10.2. The second-order valence-electron chi connectivity index (χ2n) is 8.14. The normalized spacial score (nSPS) is 38.6. The molecule has 7 atom stereocenters. The molecule has 2 heterocycles. The summed E-state index contributed by atoms with van der Waals surface area (Å²) in [6.07, 6.45) is -0.190. The van der Waals surface area contributed by atoms with Crippen LogP contribution in [0.3, 0.4) is 0 Å². The molecule has 25 heavy (non-hydrogen) atoms. The van der Waals surface area contributed by atoms with Crippen molar-refractivity contribution in [2.45, 2.75) is 89.5 Å². The van der Waals surface area contributed by atoms with Crippen LogP contribution >= 0.6 is 8.25 Å². The van der Waals surface area contributed by atoms with Crippen LogP contribution in [0.25, 0.3) is 0 Å². The molecular formula is C17H34O6PSi+. The van der Waals surface area contributed by atoms with E-state index in [4.69, 9.17) is 25.7 Å². The minimum atomic E-state index is -2.38. The predicted molar refractivity (Wildman–Crippen MR) is 99.5 cm³/mol. The maximum atomic E-state index is 12.4. The summed E-state index contributed by atoms with van der Waals surface area (Å²) in [6.45, 7) is 11.7. The van der Waals surface area contributed by atoms with Crippen LogP contribution in [-0.4, -0.2) is 52.5 Å². The number of ether oxygens (including phenoxy) is 2. The molecule has 0 aromatic heterocycles. The van der Waals surface area contributed by atoms with E-state index in [9.17, 15) is 4.57 Å². The van der Waals surface area contributed by atoms with Gasteiger partial charge in [-0.05, 0) is 24.6 Å². The van der Waals surface area contributed by atoms with Crippen LogP contribution in [0.1, 0.15) is 49.7 Å². The van der Waals surface area contributed by atoms with Crippen LogP contribution in [0.5, 0.6) is 0 Å². The van der Waals surface area contributed by atoms with Crippen LogP contribution in [0.4, 0.5) is 0 Å². The third kappa shape index (κ3) is 5.80. The van der Waals surface area contributed by atoms with Gasteiger partial charge in [0.2, 0.25) is 0 Å². The van der Waals surface area contributed by atoms with Gasteiger partial charge in [-0.25, -0.2) is 0 Å². The minimum Gasteiger partial charge on any atom is -0.414 e. The molecule has 2 rings (SSSR count). The summed E-state index contributed by atoms with van der Waals surface area (Å²) in [5.74, 6) is 0. The smallest absolute Gasteiger partial charge is 0.414 e. The van der Waals surface area contributed by atoms with E-state index in [1.165, 1.54) is 0 Å². The zero-order valence-electron chi connectivity index (χ0n) is 18.2. The van der Waals surface area contributed by atoms with E-state index in [0.29, 0.717) is 25.9 Å². The van der Waals surface area contributed by atoms with E-state index in [1.54, 1.807) is 0 Å². The molecule has 0 aromatic carbocycles. The second-order valence-corrected chi connectivity index (χ2v) is 13.8. The Balaban J connectivity index is 1.89. The van der Waals surface area contributed by atoms with Gasteiger partial charge in [0.1, 0.15) is 18.3 Å². The fraction of sp³-hybridized carbons (Fsp3) is 1.00. The summed E-state index contributed by atoms with van der Waals surface area (Å²) in [6, 6.07) is 0. The molecule has 146 valence electrons. The van der Waals surface area contributed by atoms with Gasteiger partial charge in [0.05, 0.1) is 15.5 Å². The Kier molecular flexibility index (Phi) is 6.56. The van der Waals surface area contributed by atoms with Crippen molar-refractivity contribution < 1.29 is 30.3 Å². The molecule has 2 aliphatic heterocycles. The van der Waals surface area contributed by atoms with Crippen molar-refractivity contribution >= 4 is 16.6 Å². The fourth-order valence-electron chi connectivity index (χ4n) is 2.51. The zero-order valence-corrected chi connectivity index (χ0v) is 18.1. The van der Waals surface area contributed by atoms with Gasteiger partial charge >= 0.3 is 8.25 Å². The van der Waals surface area contributed by atoms with Crippen molar-refractivity contribution in [2.24, 2.45) is 0 Å². The molecule has 2 saturated heterocycles. The monoisotopic (exact) mass is 397 g/mol. The minimum absolute atomic E-state index is 0.0705. The topological polar surface area (TPSA) is 63.2 Å². The van der Waals surface area contributed by atoms with Gasteiger partial charge in [-0.2, -0.15) is 0 Å². The SMILES string of the molecule is [3H][C@H]1CC(O[P+](=O)O[C@@H]2C[C@H]([3H])O[C@@H]2CC)[C@@H](CO[Si](C)(C)C(C)(C)C)O1. The summed E-state index contributed by atoms with van der Waals surface area (Å²) in [7, 11) is -4.34. The third-order valence-corrected chi connectivity index (χ3v) is 10.7. The highest BCUT2D eigenvalue weighted by Gasteiger charge is 2.44. The highest BCUT2D eigenvalue weighted by atomic mass is 31.1. The molecule has 0 aromatic rings. The van der Waals surface area contributed by atoms with Gasteiger partial charge in [0, 0.05) is 30.6 Å². The molecular weight excluding hydrogens is 359 g/mol. The Hall–Kier alpha value is 0.117. The first-order valence-corrected chi connectivity index (χ1v) is 13.0. The maximum absolute atomic E-state index is 12.4. The van der Waals surface area contributed by atoms with E-state index in [0.717, 1.165) is 0 Å². The Morgan fingerprint density at radius 2 is 1.64 bits per heavy atom. The van der Waals surface area contributed by atoms with Gasteiger partial charge in [-0.15, -0.1) is 9.05 Å². The Labute approximate surface area is 156 Å². The molecule has 0 N–H and O–H groups in total. The molecule has 0 amide bonds. The van der Waals surface area contributed by atoms with Crippen LogP contribution in [0.2, 0.25) is 18.1 Å². The number of hydrogen-bond donors (Lipinski definition) is 0. The first-order chi connectivity index (χ1) is 12.4. The molecule has 0 aliphatic carbocycles. The van der Waals surface area contributed by atoms with E-state index in [2.05, 4.69) is 33.9 Å². The average molecular weight is 398 g/mol. The van der Waals surface area contributed by atoms with Gasteiger partial charge in [0.25, 0.3) is 0 Å². The van der Waals surface area contributed by atoms with Crippen LogP contribution in [0.15, 0.2) is 0 Å². The standard InChI is InChI=1S/C17H34O6PSi/c1-7-13-14(8-10-19-13)22-24(18)23-15-9-11-20-16(15)12-21-25(5,6)17(2,3)4/h13-16H,7-12H2,1-6H3/q+1/t13-,14-,15?,16-/m1/s1/i10T,11T/t10-,11-,13+,14+,15?,16+/m0. The molecule has 2 fully saturated rings. The summed E-state index contributed by atoms with van der Waals surface area (Å²) < 4.78 is 56.3. The summed E-state index contributed by atoms with van der Waals surface area (Å²) in [5, 5.41) is 0.0705. The van der Waals surface area contributed by atoms with Crippen molar-refractivity contribution in [3.63, 3.8) is 0 Å². The molecule has 2 unspecified atom stereocenters. The highest BCUT2D eigenvalue weighted by Crippen LogP contribution is 2.39. The van der Waals surface area contributed by atoms with Crippen LogP contribution in [-0.2, 0) is 27.5 Å². The molecule has 0 radical (unpaired) electrons. The predicted octanol–water partition coefficient (Wildman–Crippen LogP) is 4.42. The second kappa shape index (κ2) is 8.87. The van der Waals surface area contributed by atoms with Crippen molar-refractivity contribution in [3.05, 3.63) is 0 Å². The average Bonchev–Trinajstić information content (AvgIpc) is 3.06. The molecule has 0 saturated carbocycles. The highest BCUT2D eigenvalue weighted by molar-refractivity contribution is 7.33. The van der Waals surface area contributed by atoms with Crippen molar-refractivity contribution in [3.8, 4) is 0 Å². The third-order valence-electron chi connectivity index (χ3n) is 5.29. The van der Waals surface area contributed by atoms with Crippen molar-refractivity contribution in [1.29, 1.82) is 0 Å². The number of rotatable bonds is 8. The van der Waals surface area contributed by atoms with E-state index in [-0.39, 0.29) is 11.1 Å². The lowest BCUT2D eigenvalue weighted by atomic mass is 10.1. The molecule has 6 nitrogen and oxygen atoms in total. The lowest BCUT2D eigenvalue weighted by molar-refractivity contribution is 0.00545. The molecule has 2 aliphatic rings. The van der Waals surface area contributed by atoms with Crippen LogP contribution < -0.4 is 0 Å². The maximum Gasteiger partial charge on any atom is 0.698 e. The van der Waals surface area contributed by atoms with Gasteiger partial charge in [-0.3, -0.25) is 0 Å². The number of hydrogen-bond acceptors (Lipinski definition) is 6. The van der Waals surface area contributed by atoms with E-state index in [1.807, 2.05) is 6.92 Å². The largest absolute Gasteiger partial charge is 0.698 e. The van der Waals surface area contributed by atoms with Crippen molar-refractivity contribution in [1.82, 2.24) is 0 Å². The summed E-state index contributed by atoms with van der Waals surface area (Å²) >= 11 is 0.